The lowest BCUT2D eigenvalue weighted by atomic mass is 10.3. The molecule has 4 nitrogen and oxygen atoms in total. The maximum absolute atomic E-state index is 13.6. The highest BCUT2D eigenvalue weighted by Gasteiger charge is 2.11. The van der Waals surface area contributed by atoms with Crippen LogP contribution in [0, 0.1) is 16.3 Å². The molecule has 18 heavy (non-hydrogen) atoms. The number of hydrogen-bond donors (Lipinski definition) is 1. The Balaban J connectivity index is 2.40. The minimum atomic E-state index is -0.699. The summed E-state index contributed by atoms with van der Waals surface area (Å²) in [4.78, 5) is 15.3. The molecule has 1 N–H and O–H groups in total. The summed E-state index contributed by atoms with van der Waals surface area (Å²) in [5.41, 5.74) is -0.565. The largest absolute Gasteiger partial charge is 0.422 e. The summed E-state index contributed by atoms with van der Waals surface area (Å²) >= 11 is 7.72. The molecule has 0 aliphatic carbocycles. The van der Waals surface area contributed by atoms with E-state index in [9.17, 15) is 9.18 Å². The van der Waals surface area contributed by atoms with Crippen molar-refractivity contribution in [2.45, 2.75) is 6.92 Å². The molecule has 1 aromatic carbocycles. The average Bonchev–Trinajstić information content (AvgIpc) is 2.29. The molecule has 0 fully saturated rings. The molecule has 0 saturated heterocycles. The van der Waals surface area contributed by atoms with Crippen LogP contribution in [0.5, 0.6) is 0 Å². The summed E-state index contributed by atoms with van der Waals surface area (Å²) in [7, 11) is 0. The predicted molar refractivity (Wildman–Crippen MR) is 74.9 cm³/mol. The van der Waals surface area contributed by atoms with Crippen molar-refractivity contribution in [2.75, 3.05) is 5.32 Å². The molecule has 1 heterocycles. The highest BCUT2D eigenvalue weighted by Crippen LogP contribution is 2.20. The van der Waals surface area contributed by atoms with Crippen molar-refractivity contribution in [3.05, 3.63) is 48.9 Å². The van der Waals surface area contributed by atoms with Crippen LogP contribution in [0.2, 0.25) is 5.15 Å². The van der Waals surface area contributed by atoms with Crippen LogP contribution in [-0.2, 0) is 0 Å². The van der Waals surface area contributed by atoms with Gasteiger partial charge in [0.05, 0.1) is 5.69 Å². The molecule has 1 aromatic heterocycles. The lowest BCUT2D eigenvalue weighted by Crippen LogP contribution is -2.11. The fourth-order valence-electron chi connectivity index (χ4n) is 1.25. The smallest absolute Gasteiger partial charge is 0.379 e. The Morgan fingerprint density at radius 1 is 1.50 bits per heavy atom. The number of hydrogen-bond acceptors (Lipinski definition) is 4. The summed E-state index contributed by atoms with van der Waals surface area (Å²) in [6.07, 6.45) is 0. The van der Waals surface area contributed by atoms with Gasteiger partial charge in [-0.2, -0.15) is 0 Å². The van der Waals surface area contributed by atoms with Crippen molar-refractivity contribution < 1.29 is 8.81 Å². The van der Waals surface area contributed by atoms with Gasteiger partial charge in [0, 0.05) is 3.57 Å². The third kappa shape index (κ3) is 2.81. The molecule has 0 amide bonds. The second-order valence-electron chi connectivity index (χ2n) is 3.45. The summed E-state index contributed by atoms with van der Waals surface area (Å²) in [5.74, 6) is -0.416. The van der Waals surface area contributed by atoms with Crippen LogP contribution < -0.4 is 10.9 Å². The molecule has 0 aliphatic heterocycles. The SMILES string of the molecule is Cc1oc(=O)c(Nc2ccc(I)cc2F)nc1Cl. The summed E-state index contributed by atoms with van der Waals surface area (Å²) in [6, 6.07) is 4.54. The van der Waals surface area contributed by atoms with Gasteiger partial charge < -0.3 is 9.73 Å². The molecule has 7 heteroatoms. The van der Waals surface area contributed by atoms with Crippen LogP contribution in [0.25, 0.3) is 0 Å². The first-order valence-electron chi connectivity index (χ1n) is 4.86. The van der Waals surface area contributed by atoms with E-state index in [1.165, 1.54) is 19.1 Å². The zero-order chi connectivity index (χ0) is 13.3. The number of benzene rings is 1. The number of halogens is 3. The number of aromatic nitrogens is 1. The molecule has 0 radical (unpaired) electrons. The van der Waals surface area contributed by atoms with E-state index in [0.717, 1.165) is 3.57 Å². The Bertz CT molecular complexity index is 660. The molecule has 2 rings (SSSR count). The van der Waals surface area contributed by atoms with Gasteiger partial charge in [-0.1, -0.05) is 11.6 Å². The van der Waals surface area contributed by atoms with Gasteiger partial charge in [0.2, 0.25) is 5.82 Å². The van der Waals surface area contributed by atoms with Crippen LogP contribution in [0.3, 0.4) is 0 Å². The zero-order valence-corrected chi connectivity index (χ0v) is 12.0. The van der Waals surface area contributed by atoms with Crippen molar-refractivity contribution in [2.24, 2.45) is 0 Å². The fraction of sp³-hybridized carbons (Fsp3) is 0.0909. The van der Waals surface area contributed by atoms with Crippen LogP contribution in [0.4, 0.5) is 15.9 Å². The minimum Gasteiger partial charge on any atom is -0.422 e. The Labute approximate surface area is 120 Å². The van der Waals surface area contributed by atoms with E-state index >= 15 is 0 Å². The molecule has 0 saturated carbocycles. The first-order valence-corrected chi connectivity index (χ1v) is 6.32. The van der Waals surface area contributed by atoms with Crippen molar-refractivity contribution in [3.8, 4) is 0 Å². The second-order valence-corrected chi connectivity index (χ2v) is 5.05. The van der Waals surface area contributed by atoms with Gasteiger partial charge in [0.1, 0.15) is 11.6 Å². The van der Waals surface area contributed by atoms with Crippen LogP contribution in [0.15, 0.2) is 27.4 Å². The third-order valence-corrected chi connectivity index (χ3v) is 3.15. The van der Waals surface area contributed by atoms with E-state index in [-0.39, 0.29) is 22.4 Å². The van der Waals surface area contributed by atoms with E-state index in [4.69, 9.17) is 16.0 Å². The monoisotopic (exact) mass is 380 g/mol. The van der Waals surface area contributed by atoms with Crippen molar-refractivity contribution in [1.29, 1.82) is 0 Å². The molecule has 2 aromatic rings. The first-order chi connectivity index (χ1) is 8.47. The van der Waals surface area contributed by atoms with Gasteiger partial charge in [-0.3, -0.25) is 0 Å². The molecular weight excluding hydrogens is 373 g/mol. The summed E-state index contributed by atoms with van der Waals surface area (Å²) in [6.45, 7) is 1.52. The fourth-order valence-corrected chi connectivity index (χ4v) is 1.83. The lowest BCUT2D eigenvalue weighted by Gasteiger charge is -2.06. The van der Waals surface area contributed by atoms with Crippen LogP contribution in [0.1, 0.15) is 5.76 Å². The van der Waals surface area contributed by atoms with Gasteiger partial charge in [0.25, 0.3) is 0 Å². The average molecular weight is 381 g/mol. The lowest BCUT2D eigenvalue weighted by molar-refractivity contribution is 0.476. The number of aryl methyl sites for hydroxylation is 1. The number of anilines is 2. The minimum absolute atomic E-state index is 0.0584. The number of nitrogens with one attached hydrogen (secondary N) is 1. The highest BCUT2D eigenvalue weighted by atomic mass is 127. The van der Waals surface area contributed by atoms with Crippen molar-refractivity contribution >= 4 is 45.7 Å². The van der Waals surface area contributed by atoms with Crippen molar-refractivity contribution in [1.82, 2.24) is 4.98 Å². The molecule has 94 valence electrons. The van der Waals surface area contributed by atoms with Gasteiger partial charge in [-0.05, 0) is 47.7 Å². The molecule has 0 unspecified atom stereocenters. The Morgan fingerprint density at radius 3 is 2.89 bits per heavy atom. The van der Waals surface area contributed by atoms with Gasteiger partial charge >= 0.3 is 5.63 Å². The Kier molecular flexibility index (Phi) is 3.86. The number of rotatable bonds is 2. The van der Waals surface area contributed by atoms with E-state index in [2.05, 4.69) is 10.3 Å². The molecule has 0 spiro atoms. The summed E-state index contributed by atoms with van der Waals surface area (Å²) in [5, 5.41) is 2.61. The van der Waals surface area contributed by atoms with Crippen LogP contribution >= 0.6 is 34.2 Å². The maximum Gasteiger partial charge on any atom is 0.379 e. The van der Waals surface area contributed by atoms with Gasteiger partial charge in [-0.25, -0.2) is 14.2 Å². The molecule has 0 atom stereocenters. The topological polar surface area (TPSA) is 55.1 Å². The molecule has 0 aliphatic rings. The molecular formula is C11H7ClFIN2O2. The van der Waals surface area contributed by atoms with Gasteiger partial charge in [-0.15, -0.1) is 0 Å². The highest BCUT2D eigenvalue weighted by molar-refractivity contribution is 14.1. The predicted octanol–water partition coefficient (Wildman–Crippen LogP) is 3.48. The van der Waals surface area contributed by atoms with E-state index in [1.807, 2.05) is 22.6 Å². The standard InChI is InChI=1S/C11H7ClFIN2O2/c1-5-9(12)16-10(11(17)18-5)15-8-3-2-6(14)4-7(8)13/h2-4H,1H3,(H,15,16). The quantitative estimate of drug-likeness (QED) is 0.811. The van der Waals surface area contributed by atoms with E-state index in [1.54, 1.807) is 6.07 Å². The van der Waals surface area contributed by atoms with E-state index in [0.29, 0.717) is 0 Å². The van der Waals surface area contributed by atoms with E-state index < -0.39 is 11.4 Å². The first kappa shape index (κ1) is 13.3. The van der Waals surface area contributed by atoms with Gasteiger partial charge in [0.15, 0.2) is 5.15 Å². The Hall–Kier alpha value is -1.15. The number of nitrogens with zero attached hydrogens (tertiary/aromatic N) is 1. The Morgan fingerprint density at radius 2 is 2.22 bits per heavy atom. The van der Waals surface area contributed by atoms with Crippen molar-refractivity contribution in [3.63, 3.8) is 0 Å². The maximum atomic E-state index is 13.6. The third-order valence-electron chi connectivity index (χ3n) is 2.12. The zero-order valence-electron chi connectivity index (χ0n) is 9.13. The molecule has 0 bridgehead atoms. The van der Waals surface area contributed by atoms with Crippen LogP contribution in [-0.4, -0.2) is 4.98 Å². The summed E-state index contributed by atoms with van der Waals surface area (Å²) < 4.78 is 19.2. The second kappa shape index (κ2) is 5.23. The normalized spacial score (nSPS) is 10.4.